The number of benzene rings is 1. The average molecular weight is 458 g/mol. The Hall–Kier alpha value is -3.57. The third-order valence-corrected chi connectivity index (χ3v) is 6.01. The summed E-state index contributed by atoms with van der Waals surface area (Å²) in [6, 6.07) is 3.42. The van der Waals surface area contributed by atoms with Crippen LogP contribution in [0, 0.1) is 12.3 Å². The minimum atomic E-state index is -0.532. The highest BCUT2D eigenvalue weighted by Gasteiger charge is 2.29. The number of nitrogens with two attached hydrogens (primary N) is 1. The molecule has 0 aliphatic carbocycles. The zero-order valence-electron chi connectivity index (χ0n) is 18.0. The standard InChI is InChI=1S/C21H22N4O6S/c1-9-5-10(7-27-2)13-14(22)18(32-21(13)24-9)20(26)25-19(23)11-6-12(28-3)16-17(15(11)29-4)31-8-30-16/h5-6H,7-8,22H2,1-4H3,(H2,23,25,26). The van der Waals surface area contributed by atoms with E-state index in [0.29, 0.717) is 39.8 Å². The highest BCUT2D eigenvalue weighted by Crippen LogP contribution is 2.49. The quantitative estimate of drug-likeness (QED) is 0.379. The van der Waals surface area contributed by atoms with Crippen LogP contribution in [0.2, 0.25) is 0 Å². The Morgan fingerprint density at radius 1 is 1.25 bits per heavy atom. The largest absolute Gasteiger partial charge is 0.493 e. The molecule has 4 N–H and O–H groups in total. The molecule has 168 valence electrons. The number of pyridine rings is 1. The van der Waals surface area contributed by atoms with Crippen molar-refractivity contribution in [2.45, 2.75) is 13.5 Å². The molecule has 1 amide bonds. The van der Waals surface area contributed by atoms with E-state index in [9.17, 15) is 4.79 Å². The van der Waals surface area contributed by atoms with E-state index in [4.69, 9.17) is 34.8 Å². The topological polar surface area (TPSA) is 138 Å². The van der Waals surface area contributed by atoms with Crippen molar-refractivity contribution in [1.29, 1.82) is 5.41 Å². The molecule has 0 atom stereocenters. The number of aryl methyl sites for hydroxylation is 1. The van der Waals surface area contributed by atoms with Gasteiger partial charge in [-0.15, -0.1) is 11.3 Å². The van der Waals surface area contributed by atoms with E-state index >= 15 is 0 Å². The summed E-state index contributed by atoms with van der Waals surface area (Å²) in [7, 11) is 4.50. The van der Waals surface area contributed by atoms with Crippen LogP contribution in [0.3, 0.4) is 0 Å². The van der Waals surface area contributed by atoms with Crippen molar-refractivity contribution < 1.29 is 28.5 Å². The molecule has 3 heterocycles. The SMILES string of the molecule is COCc1cc(C)nc2sc(C(=O)NC(=N)c3cc(OC)c4c(c3OC)OCO4)c(N)c12. The molecule has 1 aromatic carbocycles. The van der Waals surface area contributed by atoms with Crippen LogP contribution in [0.5, 0.6) is 23.0 Å². The zero-order chi connectivity index (χ0) is 23.0. The van der Waals surface area contributed by atoms with E-state index in [1.807, 2.05) is 13.0 Å². The second-order valence-electron chi connectivity index (χ2n) is 6.93. The third-order valence-electron chi connectivity index (χ3n) is 4.91. The molecule has 32 heavy (non-hydrogen) atoms. The number of carbonyl (C=O) groups is 1. The molecule has 1 aliphatic rings. The second kappa shape index (κ2) is 8.52. The summed E-state index contributed by atoms with van der Waals surface area (Å²) in [6.07, 6.45) is 0. The predicted molar refractivity (Wildman–Crippen MR) is 119 cm³/mol. The Kier molecular flexibility index (Phi) is 5.76. The Morgan fingerprint density at radius 3 is 2.69 bits per heavy atom. The fourth-order valence-electron chi connectivity index (χ4n) is 3.57. The minimum absolute atomic E-state index is 0.000256. The van der Waals surface area contributed by atoms with Crippen molar-refractivity contribution in [3.63, 3.8) is 0 Å². The summed E-state index contributed by atoms with van der Waals surface area (Å²) < 4.78 is 26.9. The number of ether oxygens (including phenoxy) is 5. The molecule has 11 heteroatoms. The molecule has 0 radical (unpaired) electrons. The summed E-state index contributed by atoms with van der Waals surface area (Å²) in [5.41, 5.74) is 8.52. The lowest BCUT2D eigenvalue weighted by molar-refractivity contribution is 0.0981. The van der Waals surface area contributed by atoms with Gasteiger partial charge in [-0.2, -0.15) is 0 Å². The Balaban J connectivity index is 1.70. The van der Waals surface area contributed by atoms with Gasteiger partial charge in [0.2, 0.25) is 18.3 Å². The number of fused-ring (bicyclic) bond motifs is 2. The van der Waals surface area contributed by atoms with Gasteiger partial charge in [-0.25, -0.2) is 4.98 Å². The average Bonchev–Trinajstić information content (AvgIpc) is 3.37. The number of nitrogen functional groups attached to an aromatic ring is 1. The van der Waals surface area contributed by atoms with Crippen LogP contribution in [0.15, 0.2) is 12.1 Å². The summed E-state index contributed by atoms with van der Waals surface area (Å²) in [4.78, 5) is 18.4. The number of rotatable bonds is 6. The first kappa shape index (κ1) is 21.7. The number of nitrogens with one attached hydrogen (secondary N) is 2. The van der Waals surface area contributed by atoms with Gasteiger partial charge in [0.05, 0.1) is 32.1 Å². The van der Waals surface area contributed by atoms with Crippen molar-refractivity contribution in [2.75, 3.05) is 33.9 Å². The molecule has 3 aromatic rings. The van der Waals surface area contributed by atoms with Gasteiger partial charge in [0, 0.05) is 18.2 Å². The van der Waals surface area contributed by atoms with Gasteiger partial charge >= 0.3 is 0 Å². The van der Waals surface area contributed by atoms with Crippen LogP contribution in [0.25, 0.3) is 10.2 Å². The molecule has 2 aromatic heterocycles. The van der Waals surface area contributed by atoms with Gasteiger partial charge in [-0.05, 0) is 24.6 Å². The molecule has 0 saturated heterocycles. The number of nitrogens with zero attached hydrogens (tertiary/aromatic N) is 1. The lowest BCUT2D eigenvalue weighted by Gasteiger charge is -2.15. The van der Waals surface area contributed by atoms with Crippen molar-refractivity contribution in [2.24, 2.45) is 0 Å². The first-order valence-corrected chi connectivity index (χ1v) is 10.3. The number of aromatic nitrogens is 1. The van der Waals surface area contributed by atoms with Crippen LogP contribution < -0.4 is 30.0 Å². The molecular formula is C21H22N4O6S. The maximum atomic E-state index is 13.1. The van der Waals surface area contributed by atoms with Crippen LogP contribution >= 0.6 is 11.3 Å². The molecule has 0 saturated carbocycles. The molecule has 4 rings (SSSR count). The fourth-order valence-corrected chi connectivity index (χ4v) is 4.65. The van der Waals surface area contributed by atoms with Crippen molar-refractivity contribution in [1.82, 2.24) is 10.3 Å². The smallest absolute Gasteiger partial charge is 0.269 e. The van der Waals surface area contributed by atoms with Gasteiger partial charge in [0.25, 0.3) is 5.91 Å². The molecule has 1 aliphatic heterocycles. The first-order valence-electron chi connectivity index (χ1n) is 9.51. The fraction of sp³-hybridized carbons (Fsp3) is 0.286. The van der Waals surface area contributed by atoms with E-state index in [2.05, 4.69) is 10.3 Å². The highest BCUT2D eigenvalue weighted by atomic mass is 32.1. The van der Waals surface area contributed by atoms with Gasteiger partial charge in [-0.3, -0.25) is 10.2 Å². The monoisotopic (exact) mass is 458 g/mol. The summed E-state index contributed by atoms with van der Waals surface area (Å²) in [5, 5.41) is 11.8. The first-order chi connectivity index (χ1) is 15.4. The van der Waals surface area contributed by atoms with Crippen LogP contribution in [-0.4, -0.2) is 44.8 Å². The predicted octanol–water partition coefficient (Wildman–Crippen LogP) is 2.83. The number of thiophene rings is 1. The normalized spacial score (nSPS) is 12.1. The molecule has 0 unspecified atom stereocenters. The molecular weight excluding hydrogens is 436 g/mol. The molecule has 0 fully saturated rings. The minimum Gasteiger partial charge on any atom is -0.493 e. The van der Waals surface area contributed by atoms with E-state index in [1.54, 1.807) is 13.2 Å². The molecule has 0 bridgehead atoms. The number of methoxy groups -OCH3 is 3. The molecule has 10 nitrogen and oxygen atoms in total. The summed E-state index contributed by atoms with van der Waals surface area (Å²) in [5.74, 6) is 0.570. The van der Waals surface area contributed by atoms with Crippen LogP contribution in [-0.2, 0) is 11.3 Å². The Bertz CT molecular complexity index is 1240. The van der Waals surface area contributed by atoms with E-state index in [0.717, 1.165) is 22.6 Å². The maximum absolute atomic E-state index is 13.1. The third kappa shape index (κ3) is 3.55. The highest BCUT2D eigenvalue weighted by molar-refractivity contribution is 7.21. The number of amidine groups is 1. The zero-order valence-corrected chi connectivity index (χ0v) is 18.8. The van der Waals surface area contributed by atoms with Crippen molar-refractivity contribution in [3.05, 3.63) is 33.8 Å². The molecule has 0 spiro atoms. The Labute approximate surface area is 187 Å². The summed E-state index contributed by atoms with van der Waals surface area (Å²) in [6.45, 7) is 2.20. The van der Waals surface area contributed by atoms with E-state index in [-0.39, 0.29) is 28.8 Å². The van der Waals surface area contributed by atoms with Gasteiger partial charge in [0.1, 0.15) is 15.5 Å². The number of anilines is 1. The maximum Gasteiger partial charge on any atom is 0.269 e. The van der Waals surface area contributed by atoms with Crippen LogP contribution in [0.4, 0.5) is 5.69 Å². The van der Waals surface area contributed by atoms with Crippen LogP contribution in [0.1, 0.15) is 26.5 Å². The Morgan fingerprint density at radius 2 is 2.00 bits per heavy atom. The van der Waals surface area contributed by atoms with Gasteiger partial charge in [-0.1, -0.05) is 0 Å². The lowest BCUT2D eigenvalue weighted by atomic mass is 10.1. The van der Waals surface area contributed by atoms with Gasteiger partial charge < -0.3 is 34.7 Å². The van der Waals surface area contributed by atoms with E-state index < -0.39 is 5.91 Å². The number of amides is 1. The van der Waals surface area contributed by atoms with E-state index in [1.165, 1.54) is 14.2 Å². The summed E-state index contributed by atoms with van der Waals surface area (Å²) >= 11 is 1.16. The number of hydrogen-bond donors (Lipinski definition) is 3. The second-order valence-corrected chi connectivity index (χ2v) is 7.93. The van der Waals surface area contributed by atoms with Gasteiger partial charge in [0.15, 0.2) is 11.5 Å². The number of carbonyl (C=O) groups excluding carboxylic acids is 1. The van der Waals surface area contributed by atoms with Crippen molar-refractivity contribution >= 4 is 39.0 Å². The lowest BCUT2D eigenvalue weighted by Crippen LogP contribution is -2.30. The number of hydrogen-bond acceptors (Lipinski definition) is 10. The van der Waals surface area contributed by atoms with Crippen molar-refractivity contribution in [3.8, 4) is 23.0 Å².